The summed E-state index contributed by atoms with van der Waals surface area (Å²) >= 11 is 0. The zero-order valence-corrected chi connectivity index (χ0v) is 14.2. The van der Waals surface area contributed by atoms with Crippen molar-refractivity contribution in [1.29, 1.82) is 0 Å². The minimum Gasteiger partial charge on any atom is -0.497 e. The molecule has 0 aromatic heterocycles. The summed E-state index contributed by atoms with van der Waals surface area (Å²) in [5.74, 6) is -0.129. The van der Waals surface area contributed by atoms with Crippen LogP contribution in [0.5, 0.6) is 5.75 Å². The van der Waals surface area contributed by atoms with Gasteiger partial charge in [0, 0.05) is 13.0 Å². The highest BCUT2D eigenvalue weighted by Crippen LogP contribution is 2.15. The van der Waals surface area contributed by atoms with Crippen molar-refractivity contribution in [2.45, 2.75) is 46.0 Å². The Kier molecular flexibility index (Phi) is 7.59. The van der Waals surface area contributed by atoms with Gasteiger partial charge in [-0.25, -0.2) is 0 Å². The first-order chi connectivity index (χ1) is 10.8. The lowest BCUT2D eigenvalue weighted by molar-refractivity contribution is -0.146. The van der Waals surface area contributed by atoms with E-state index in [-0.39, 0.29) is 12.5 Å². The monoisotopic (exact) mass is 321 g/mol. The molecule has 2 N–H and O–H groups in total. The molecule has 23 heavy (non-hydrogen) atoms. The summed E-state index contributed by atoms with van der Waals surface area (Å²) in [6.07, 6.45) is 4.24. The van der Waals surface area contributed by atoms with Crippen LogP contribution in [0.1, 0.15) is 45.1 Å². The van der Waals surface area contributed by atoms with E-state index < -0.39 is 11.4 Å². The zero-order valence-electron chi connectivity index (χ0n) is 14.2. The van der Waals surface area contributed by atoms with Crippen LogP contribution in [0.15, 0.2) is 24.3 Å². The van der Waals surface area contributed by atoms with Crippen LogP contribution < -0.4 is 10.1 Å². The Bertz CT molecular complexity index is 508. The SMILES string of the molecule is COc1ccc(CCCCCC(=O)NCC(C)(C)C(=O)O)cc1. The highest BCUT2D eigenvalue weighted by atomic mass is 16.5. The number of unbranched alkanes of at least 4 members (excludes halogenated alkanes) is 2. The summed E-state index contributed by atoms with van der Waals surface area (Å²) in [6, 6.07) is 8.01. The van der Waals surface area contributed by atoms with Gasteiger partial charge in [0.15, 0.2) is 0 Å². The molecule has 0 spiro atoms. The molecule has 0 radical (unpaired) electrons. The maximum absolute atomic E-state index is 11.7. The summed E-state index contributed by atoms with van der Waals surface area (Å²) in [7, 11) is 1.65. The quantitative estimate of drug-likeness (QED) is 0.650. The molecule has 0 atom stereocenters. The number of aliphatic carboxylic acids is 1. The summed E-state index contributed by atoms with van der Waals surface area (Å²) in [6.45, 7) is 3.36. The third kappa shape index (κ3) is 7.17. The van der Waals surface area contributed by atoms with Crippen LogP contribution in [-0.2, 0) is 16.0 Å². The topological polar surface area (TPSA) is 75.6 Å². The van der Waals surface area contributed by atoms with Crippen molar-refractivity contribution in [1.82, 2.24) is 5.32 Å². The number of rotatable bonds is 10. The highest BCUT2D eigenvalue weighted by molar-refractivity contribution is 5.78. The first-order valence-corrected chi connectivity index (χ1v) is 7.98. The molecule has 5 nitrogen and oxygen atoms in total. The van der Waals surface area contributed by atoms with Crippen molar-refractivity contribution in [2.24, 2.45) is 5.41 Å². The number of benzene rings is 1. The first-order valence-electron chi connectivity index (χ1n) is 7.98. The second-order valence-corrected chi connectivity index (χ2v) is 6.37. The van der Waals surface area contributed by atoms with Crippen LogP contribution in [0.2, 0.25) is 0 Å². The average molecular weight is 321 g/mol. The predicted octanol–water partition coefficient (Wildman–Crippen LogP) is 3.03. The number of nitrogens with one attached hydrogen (secondary N) is 1. The van der Waals surface area contributed by atoms with Gasteiger partial charge in [-0.15, -0.1) is 0 Å². The van der Waals surface area contributed by atoms with Gasteiger partial charge in [0.25, 0.3) is 0 Å². The molecule has 0 bridgehead atoms. The number of methoxy groups -OCH3 is 1. The van der Waals surface area contributed by atoms with Crippen molar-refractivity contribution in [3.05, 3.63) is 29.8 Å². The van der Waals surface area contributed by atoms with Crippen LogP contribution >= 0.6 is 0 Å². The Hall–Kier alpha value is -2.04. The molecule has 0 aliphatic rings. The molecule has 128 valence electrons. The van der Waals surface area contributed by atoms with E-state index in [2.05, 4.69) is 17.4 Å². The van der Waals surface area contributed by atoms with E-state index in [4.69, 9.17) is 9.84 Å². The lowest BCUT2D eigenvalue weighted by Gasteiger charge is -2.19. The molecular formula is C18H27NO4. The van der Waals surface area contributed by atoms with E-state index in [9.17, 15) is 9.59 Å². The van der Waals surface area contributed by atoms with E-state index in [1.54, 1.807) is 21.0 Å². The number of aryl methyl sites for hydroxylation is 1. The Morgan fingerprint density at radius 3 is 2.35 bits per heavy atom. The van der Waals surface area contributed by atoms with E-state index in [0.29, 0.717) is 6.42 Å². The molecule has 1 aromatic carbocycles. The van der Waals surface area contributed by atoms with Crippen LogP contribution in [0.25, 0.3) is 0 Å². The Labute approximate surface area is 138 Å². The van der Waals surface area contributed by atoms with Gasteiger partial charge in [0.2, 0.25) is 5.91 Å². The zero-order chi connectivity index (χ0) is 17.3. The summed E-state index contributed by atoms with van der Waals surface area (Å²) < 4.78 is 5.12. The Morgan fingerprint density at radius 1 is 1.13 bits per heavy atom. The van der Waals surface area contributed by atoms with Gasteiger partial charge >= 0.3 is 5.97 Å². The highest BCUT2D eigenvalue weighted by Gasteiger charge is 2.27. The van der Waals surface area contributed by atoms with Crippen molar-refractivity contribution in [3.8, 4) is 5.75 Å². The van der Waals surface area contributed by atoms with Crippen molar-refractivity contribution >= 4 is 11.9 Å². The van der Waals surface area contributed by atoms with Gasteiger partial charge in [0.05, 0.1) is 12.5 Å². The van der Waals surface area contributed by atoms with Crippen LogP contribution in [-0.4, -0.2) is 30.6 Å². The Morgan fingerprint density at radius 2 is 1.78 bits per heavy atom. The molecule has 1 amide bonds. The molecule has 0 saturated carbocycles. The summed E-state index contributed by atoms with van der Waals surface area (Å²) in [4.78, 5) is 22.6. The fourth-order valence-electron chi connectivity index (χ4n) is 2.07. The normalized spacial score (nSPS) is 11.1. The van der Waals surface area contributed by atoms with E-state index in [1.165, 1.54) is 5.56 Å². The molecule has 0 fully saturated rings. The lowest BCUT2D eigenvalue weighted by atomic mass is 9.94. The van der Waals surface area contributed by atoms with E-state index in [0.717, 1.165) is 31.4 Å². The fraction of sp³-hybridized carbons (Fsp3) is 0.556. The number of carboxylic acids is 1. The minimum absolute atomic E-state index is 0.0798. The fourth-order valence-corrected chi connectivity index (χ4v) is 2.07. The number of carbonyl (C=O) groups excluding carboxylic acids is 1. The standard InChI is InChI=1S/C18H27NO4/c1-18(2,17(21)22)13-19-16(20)8-6-4-5-7-14-9-11-15(23-3)12-10-14/h9-12H,4-8,13H2,1-3H3,(H,19,20)(H,21,22). The van der Waals surface area contributed by atoms with Gasteiger partial charge < -0.3 is 15.2 Å². The molecule has 5 heteroatoms. The van der Waals surface area contributed by atoms with Gasteiger partial charge in [0.1, 0.15) is 5.75 Å². The number of hydrogen-bond acceptors (Lipinski definition) is 3. The molecule has 0 aliphatic heterocycles. The lowest BCUT2D eigenvalue weighted by Crippen LogP contribution is -2.38. The van der Waals surface area contributed by atoms with E-state index >= 15 is 0 Å². The third-order valence-corrected chi connectivity index (χ3v) is 3.83. The third-order valence-electron chi connectivity index (χ3n) is 3.83. The first kappa shape index (κ1) is 19.0. The minimum atomic E-state index is -0.927. The molecule has 0 saturated heterocycles. The second kappa shape index (κ2) is 9.18. The number of ether oxygens (including phenoxy) is 1. The maximum Gasteiger partial charge on any atom is 0.310 e. The summed E-state index contributed by atoms with van der Waals surface area (Å²) in [5.41, 5.74) is 0.336. The second-order valence-electron chi connectivity index (χ2n) is 6.37. The summed E-state index contributed by atoms with van der Waals surface area (Å²) in [5, 5.41) is 11.7. The van der Waals surface area contributed by atoms with Crippen molar-refractivity contribution in [3.63, 3.8) is 0 Å². The molecule has 0 aliphatic carbocycles. The maximum atomic E-state index is 11.7. The van der Waals surface area contributed by atoms with Gasteiger partial charge in [-0.3, -0.25) is 9.59 Å². The predicted molar refractivity (Wildman–Crippen MR) is 89.6 cm³/mol. The molecule has 1 aromatic rings. The molecule has 1 rings (SSSR count). The van der Waals surface area contributed by atoms with Crippen LogP contribution in [0.4, 0.5) is 0 Å². The molecule has 0 unspecified atom stereocenters. The van der Waals surface area contributed by atoms with Crippen molar-refractivity contribution < 1.29 is 19.4 Å². The molecule has 0 heterocycles. The average Bonchev–Trinajstić information content (AvgIpc) is 2.53. The van der Waals surface area contributed by atoms with Crippen LogP contribution in [0, 0.1) is 5.41 Å². The van der Waals surface area contributed by atoms with Crippen LogP contribution in [0.3, 0.4) is 0 Å². The van der Waals surface area contributed by atoms with Gasteiger partial charge in [-0.1, -0.05) is 18.6 Å². The molecular weight excluding hydrogens is 294 g/mol. The van der Waals surface area contributed by atoms with Gasteiger partial charge in [-0.2, -0.15) is 0 Å². The van der Waals surface area contributed by atoms with Gasteiger partial charge in [-0.05, 0) is 50.8 Å². The number of carboxylic acid groups (broad SMARTS) is 1. The van der Waals surface area contributed by atoms with Crippen molar-refractivity contribution in [2.75, 3.05) is 13.7 Å². The smallest absolute Gasteiger partial charge is 0.310 e. The largest absolute Gasteiger partial charge is 0.497 e. The number of carbonyl (C=O) groups is 2. The Balaban J connectivity index is 2.14. The van der Waals surface area contributed by atoms with E-state index in [1.807, 2.05) is 12.1 Å². The number of hydrogen-bond donors (Lipinski definition) is 2. The number of amides is 1.